The molecule has 0 saturated carbocycles. The van der Waals surface area contributed by atoms with Crippen LogP contribution in [0.1, 0.15) is 0 Å². The van der Waals surface area contributed by atoms with Crippen LogP contribution in [-0.4, -0.2) is 50.3 Å². The molecule has 1 fully saturated rings. The SMILES string of the molecule is C[N+]1(CC(=O)[O-])CCOCC1.Cl. The number of carbonyl (C=O) groups is 1. The Labute approximate surface area is 78.1 Å². The number of quaternary nitrogens is 1. The number of carboxylic acid groups (broad SMARTS) is 1. The van der Waals surface area contributed by atoms with Crippen molar-refractivity contribution in [1.82, 2.24) is 0 Å². The summed E-state index contributed by atoms with van der Waals surface area (Å²) < 4.78 is 5.66. The number of carbonyl (C=O) groups excluding carboxylic acids is 1. The third-order valence-electron chi connectivity index (χ3n) is 2.06. The summed E-state index contributed by atoms with van der Waals surface area (Å²) in [6.45, 7) is 2.96. The number of aliphatic carboxylic acids is 1. The molecule has 1 aliphatic heterocycles. The highest BCUT2D eigenvalue weighted by Gasteiger charge is 2.24. The molecule has 1 aliphatic rings. The molecule has 12 heavy (non-hydrogen) atoms. The number of hydrogen-bond acceptors (Lipinski definition) is 3. The van der Waals surface area contributed by atoms with Crippen molar-refractivity contribution in [2.45, 2.75) is 0 Å². The molecule has 0 amide bonds. The molecule has 0 aromatic rings. The van der Waals surface area contributed by atoms with Crippen LogP contribution in [0.25, 0.3) is 0 Å². The molecule has 1 saturated heterocycles. The van der Waals surface area contributed by atoms with Gasteiger partial charge in [0, 0.05) is 0 Å². The van der Waals surface area contributed by atoms with Crippen LogP contribution in [0, 0.1) is 0 Å². The Hall–Kier alpha value is -0.320. The molecular formula is C7H14ClNO3. The van der Waals surface area contributed by atoms with Crippen molar-refractivity contribution in [1.29, 1.82) is 0 Å². The fourth-order valence-electron chi connectivity index (χ4n) is 1.25. The highest BCUT2D eigenvalue weighted by molar-refractivity contribution is 5.85. The third kappa shape index (κ3) is 3.38. The van der Waals surface area contributed by atoms with Gasteiger partial charge in [0.15, 0.2) is 0 Å². The van der Waals surface area contributed by atoms with Gasteiger partial charge in [-0.2, -0.15) is 0 Å². The third-order valence-corrected chi connectivity index (χ3v) is 2.06. The van der Waals surface area contributed by atoms with Gasteiger partial charge in [0.25, 0.3) is 0 Å². The topological polar surface area (TPSA) is 49.4 Å². The van der Waals surface area contributed by atoms with Gasteiger partial charge in [-0.05, 0) is 0 Å². The zero-order chi connectivity index (χ0) is 8.32. The summed E-state index contributed by atoms with van der Waals surface area (Å²) >= 11 is 0. The Morgan fingerprint density at radius 2 is 2.00 bits per heavy atom. The number of morpholine rings is 1. The first-order valence-corrected chi connectivity index (χ1v) is 3.74. The van der Waals surface area contributed by atoms with E-state index in [9.17, 15) is 9.90 Å². The van der Waals surface area contributed by atoms with Crippen molar-refractivity contribution >= 4 is 18.4 Å². The van der Waals surface area contributed by atoms with E-state index in [1.54, 1.807) is 0 Å². The molecule has 0 aromatic carbocycles. The second-order valence-corrected chi connectivity index (χ2v) is 3.21. The Morgan fingerprint density at radius 3 is 2.42 bits per heavy atom. The second-order valence-electron chi connectivity index (χ2n) is 3.21. The van der Waals surface area contributed by atoms with Crippen molar-refractivity contribution < 1.29 is 19.1 Å². The highest BCUT2D eigenvalue weighted by Crippen LogP contribution is 2.05. The Balaban J connectivity index is 0.00000121. The van der Waals surface area contributed by atoms with Crippen LogP contribution in [0.15, 0.2) is 0 Å². The molecule has 0 spiro atoms. The number of carboxylic acids is 1. The fraction of sp³-hybridized carbons (Fsp3) is 0.857. The zero-order valence-corrected chi connectivity index (χ0v) is 7.93. The molecule has 0 N–H and O–H groups in total. The van der Waals surface area contributed by atoms with Crippen molar-refractivity contribution in [3.05, 3.63) is 0 Å². The van der Waals surface area contributed by atoms with E-state index in [1.165, 1.54) is 0 Å². The van der Waals surface area contributed by atoms with E-state index < -0.39 is 5.97 Å². The summed E-state index contributed by atoms with van der Waals surface area (Å²) in [6.07, 6.45) is 0. The average molecular weight is 196 g/mol. The first kappa shape index (κ1) is 11.7. The Morgan fingerprint density at radius 1 is 1.50 bits per heavy atom. The van der Waals surface area contributed by atoms with Crippen LogP contribution in [0.5, 0.6) is 0 Å². The minimum absolute atomic E-state index is 0. The largest absolute Gasteiger partial charge is 0.544 e. The van der Waals surface area contributed by atoms with Crippen LogP contribution < -0.4 is 5.11 Å². The lowest BCUT2D eigenvalue weighted by molar-refractivity contribution is -0.911. The van der Waals surface area contributed by atoms with E-state index >= 15 is 0 Å². The Bertz CT molecular complexity index is 157. The number of nitrogens with zero attached hydrogens (tertiary/aromatic N) is 1. The maximum atomic E-state index is 10.3. The number of hydrogen-bond donors (Lipinski definition) is 0. The van der Waals surface area contributed by atoms with Crippen LogP contribution in [0.4, 0.5) is 0 Å². The number of likely N-dealkylation sites (N-methyl/N-ethyl adjacent to an activating group) is 1. The lowest BCUT2D eigenvalue weighted by atomic mass is 10.3. The molecule has 0 atom stereocenters. The van der Waals surface area contributed by atoms with E-state index in [0.29, 0.717) is 17.7 Å². The normalized spacial score (nSPS) is 21.1. The van der Waals surface area contributed by atoms with Gasteiger partial charge in [0.2, 0.25) is 0 Å². The van der Waals surface area contributed by atoms with E-state index in [1.807, 2.05) is 7.05 Å². The quantitative estimate of drug-likeness (QED) is 0.512. The summed E-state index contributed by atoms with van der Waals surface area (Å²) in [5, 5.41) is 10.3. The predicted molar refractivity (Wildman–Crippen MR) is 43.9 cm³/mol. The van der Waals surface area contributed by atoms with Crippen LogP contribution in [0.3, 0.4) is 0 Å². The summed E-state index contributed by atoms with van der Waals surface area (Å²) in [6, 6.07) is 0. The average Bonchev–Trinajstić information content (AvgIpc) is 1.85. The monoisotopic (exact) mass is 195 g/mol. The first-order chi connectivity index (χ1) is 5.12. The zero-order valence-electron chi connectivity index (χ0n) is 7.12. The molecule has 1 heterocycles. The smallest absolute Gasteiger partial charge is 0.119 e. The van der Waals surface area contributed by atoms with Crippen molar-refractivity contribution in [2.75, 3.05) is 39.9 Å². The van der Waals surface area contributed by atoms with Crippen LogP contribution >= 0.6 is 12.4 Å². The highest BCUT2D eigenvalue weighted by atomic mass is 35.5. The van der Waals surface area contributed by atoms with Gasteiger partial charge in [-0.3, -0.25) is 0 Å². The van der Waals surface area contributed by atoms with Gasteiger partial charge >= 0.3 is 0 Å². The van der Waals surface area contributed by atoms with E-state index in [4.69, 9.17) is 4.74 Å². The molecule has 0 bridgehead atoms. The van der Waals surface area contributed by atoms with E-state index in [-0.39, 0.29) is 19.0 Å². The first-order valence-electron chi connectivity index (χ1n) is 3.74. The lowest BCUT2D eigenvalue weighted by Crippen LogP contribution is -2.56. The van der Waals surface area contributed by atoms with Crippen molar-refractivity contribution in [2.24, 2.45) is 0 Å². The van der Waals surface area contributed by atoms with E-state index in [2.05, 4.69) is 0 Å². The molecule has 0 unspecified atom stereocenters. The number of rotatable bonds is 2. The Kier molecular flexibility index (Phi) is 4.52. The minimum atomic E-state index is -0.977. The van der Waals surface area contributed by atoms with Crippen molar-refractivity contribution in [3.63, 3.8) is 0 Å². The lowest BCUT2D eigenvalue weighted by Gasteiger charge is -2.37. The number of ether oxygens (including phenoxy) is 1. The maximum Gasteiger partial charge on any atom is 0.119 e. The van der Waals surface area contributed by atoms with Gasteiger partial charge in [0.1, 0.15) is 19.6 Å². The maximum absolute atomic E-state index is 10.3. The van der Waals surface area contributed by atoms with Gasteiger partial charge in [-0.15, -0.1) is 12.4 Å². The van der Waals surface area contributed by atoms with Crippen LogP contribution in [0.2, 0.25) is 0 Å². The number of halogens is 1. The molecule has 1 rings (SSSR count). The fourth-order valence-corrected chi connectivity index (χ4v) is 1.25. The molecule has 0 aromatic heterocycles. The van der Waals surface area contributed by atoms with Crippen LogP contribution in [-0.2, 0) is 9.53 Å². The molecule has 0 aliphatic carbocycles. The molecule has 5 heteroatoms. The van der Waals surface area contributed by atoms with Gasteiger partial charge in [-0.1, -0.05) is 0 Å². The molecule has 4 nitrogen and oxygen atoms in total. The standard InChI is InChI=1S/C7H13NO3.ClH/c1-8(6-7(9)10)2-4-11-5-3-8;/h2-6H2,1H3;1H. The van der Waals surface area contributed by atoms with Gasteiger partial charge < -0.3 is 19.1 Å². The summed E-state index contributed by atoms with van der Waals surface area (Å²) in [4.78, 5) is 10.3. The minimum Gasteiger partial charge on any atom is -0.544 e. The molecular weight excluding hydrogens is 182 g/mol. The summed E-state index contributed by atoms with van der Waals surface area (Å²) in [5.41, 5.74) is 0. The van der Waals surface area contributed by atoms with Gasteiger partial charge in [0.05, 0.1) is 26.2 Å². The summed E-state index contributed by atoms with van der Waals surface area (Å²) in [5.74, 6) is -0.977. The molecule has 0 radical (unpaired) electrons. The van der Waals surface area contributed by atoms with Gasteiger partial charge in [-0.25, -0.2) is 0 Å². The second kappa shape index (κ2) is 4.64. The van der Waals surface area contributed by atoms with E-state index in [0.717, 1.165) is 13.1 Å². The predicted octanol–water partition coefficient (Wildman–Crippen LogP) is -1.37. The summed E-state index contributed by atoms with van der Waals surface area (Å²) in [7, 11) is 1.92. The molecule has 72 valence electrons. The van der Waals surface area contributed by atoms with Crippen molar-refractivity contribution in [3.8, 4) is 0 Å².